The lowest BCUT2D eigenvalue weighted by molar-refractivity contribution is -0.142. The van der Waals surface area contributed by atoms with Gasteiger partial charge in [-0.05, 0) is 38.5 Å². The molecule has 0 fully saturated rings. The van der Waals surface area contributed by atoms with Gasteiger partial charge >= 0.3 is 5.97 Å². The SMILES string of the molecule is CCOC(=O)Cc1csc(SCC(=O)Nc2c(C#N)c(C)c(C)n2-c2ccccc2)n1. The highest BCUT2D eigenvalue weighted by Crippen LogP contribution is 2.30. The zero-order valence-corrected chi connectivity index (χ0v) is 19.1. The molecule has 0 saturated heterocycles. The number of carbonyl (C=O) groups is 2. The first-order chi connectivity index (χ1) is 14.9. The predicted molar refractivity (Wildman–Crippen MR) is 122 cm³/mol. The Morgan fingerprint density at radius 2 is 2.03 bits per heavy atom. The van der Waals surface area contributed by atoms with Gasteiger partial charge in [-0.1, -0.05) is 30.0 Å². The van der Waals surface area contributed by atoms with Crippen molar-refractivity contribution in [3.63, 3.8) is 0 Å². The number of nitrogens with one attached hydrogen (secondary N) is 1. The maximum Gasteiger partial charge on any atom is 0.311 e. The first-order valence-electron chi connectivity index (χ1n) is 9.64. The normalized spacial score (nSPS) is 10.5. The number of nitriles is 1. The van der Waals surface area contributed by atoms with E-state index >= 15 is 0 Å². The van der Waals surface area contributed by atoms with E-state index in [4.69, 9.17) is 4.74 Å². The van der Waals surface area contributed by atoms with E-state index < -0.39 is 0 Å². The lowest BCUT2D eigenvalue weighted by Gasteiger charge is -2.13. The van der Waals surface area contributed by atoms with Gasteiger partial charge in [-0.2, -0.15) is 5.26 Å². The number of anilines is 1. The van der Waals surface area contributed by atoms with Crippen LogP contribution >= 0.6 is 23.1 Å². The summed E-state index contributed by atoms with van der Waals surface area (Å²) < 4.78 is 7.51. The first kappa shape index (κ1) is 22.6. The number of thioether (sulfide) groups is 1. The summed E-state index contributed by atoms with van der Waals surface area (Å²) in [5, 5.41) is 14.3. The van der Waals surface area contributed by atoms with Gasteiger partial charge in [0.1, 0.15) is 11.9 Å². The Labute approximate surface area is 189 Å². The summed E-state index contributed by atoms with van der Waals surface area (Å²) in [7, 11) is 0. The molecule has 3 rings (SSSR count). The fourth-order valence-electron chi connectivity index (χ4n) is 3.05. The second kappa shape index (κ2) is 10.3. The highest BCUT2D eigenvalue weighted by Gasteiger charge is 2.21. The van der Waals surface area contributed by atoms with Crippen LogP contribution in [0.2, 0.25) is 0 Å². The van der Waals surface area contributed by atoms with Gasteiger partial charge < -0.3 is 10.1 Å². The molecule has 1 N–H and O–H groups in total. The number of ether oxygens (including phenoxy) is 1. The van der Waals surface area contributed by atoms with E-state index in [9.17, 15) is 14.9 Å². The third kappa shape index (κ3) is 5.34. The summed E-state index contributed by atoms with van der Waals surface area (Å²) in [6.07, 6.45) is 0.117. The van der Waals surface area contributed by atoms with Gasteiger partial charge in [0.05, 0.1) is 30.0 Å². The molecule has 2 aromatic heterocycles. The molecule has 2 heterocycles. The minimum absolute atomic E-state index is 0.117. The smallest absolute Gasteiger partial charge is 0.311 e. The van der Waals surface area contributed by atoms with Crippen molar-refractivity contribution in [1.82, 2.24) is 9.55 Å². The van der Waals surface area contributed by atoms with Crippen LogP contribution in [0.4, 0.5) is 5.82 Å². The molecular weight excluding hydrogens is 432 g/mol. The fourth-order valence-corrected chi connectivity index (χ4v) is 4.70. The van der Waals surface area contributed by atoms with Crippen LogP contribution in [0.1, 0.15) is 29.4 Å². The number of rotatable bonds is 8. The topological polar surface area (TPSA) is 97.0 Å². The van der Waals surface area contributed by atoms with Gasteiger partial charge in [0.25, 0.3) is 0 Å². The Hall–Kier alpha value is -3.09. The molecule has 3 aromatic rings. The third-order valence-corrected chi connectivity index (χ3v) is 6.66. The molecule has 0 saturated carbocycles. The Kier molecular flexibility index (Phi) is 7.50. The standard InChI is InChI=1S/C22H22N4O3S2/c1-4-29-20(28)10-16-12-30-22(24-16)31-13-19(27)25-21-18(11-23)14(2)15(3)26(21)17-8-6-5-7-9-17/h5-9,12H,4,10,13H2,1-3H3,(H,25,27). The first-order valence-corrected chi connectivity index (χ1v) is 11.5. The molecule has 0 aliphatic heterocycles. The molecule has 7 nitrogen and oxygen atoms in total. The quantitative estimate of drug-likeness (QED) is 0.403. The summed E-state index contributed by atoms with van der Waals surface area (Å²) in [5.74, 6) is 0.0447. The van der Waals surface area contributed by atoms with Crippen molar-refractivity contribution in [3.05, 3.63) is 58.2 Å². The highest BCUT2D eigenvalue weighted by molar-refractivity contribution is 8.01. The lowest BCUT2D eigenvalue weighted by atomic mass is 10.2. The largest absolute Gasteiger partial charge is 0.466 e. The number of para-hydroxylation sites is 1. The molecule has 9 heteroatoms. The van der Waals surface area contributed by atoms with Crippen LogP contribution in [0.5, 0.6) is 0 Å². The van der Waals surface area contributed by atoms with Gasteiger partial charge in [-0.3, -0.25) is 14.2 Å². The Balaban J connectivity index is 1.72. The summed E-state index contributed by atoms with van der Waals surface area (Å²) >= 11 is 2.66. The molecule has 1 amide bonds. The molecule has 1 aromatic carbocycles. The summed E-state index contributed by atoms with van der Waals surface area (Å²) in [6, 6.07) is 11.8. The molecule has 0 aliphatic carbocycles. The van der Waals surface area contributed by atoms with Crippen LogP contribution in [-0.2, 0) is 20.7 Å². The van der Waals surface area contributed by atoms with Crippen molar-refractivity contribution < 1.29 is 14.3 Å². The van der Waals surface area contributed by atoms with Crippen LogP contribution in [0.3, 0.4) is 0 Å². The van der Waals surface area contributed by atoms with Gasteiger partial charge in [0.15, 0.2) is 4.34 Å². The Morgan fingerprint density at radius 1 is 1.29 bits per heavy atom. The maximum atomic E-state index is 12.7. The number of amides is 1. The number of carbonyl (C=O) groups excluding carboxylic acids is 2. The monoisotopic (exact) mass is 454 g/mol. The summed E-state index contributed by atoms with van der Waals surface area (Å²) in [6.45, 7) is 5.89. The summed E-state index contributed by atoms with van der Waals surface area (Å²) in [4.78, 5) is 28.6. The predicted octanol–water partition coefficient (Wildman–Crippen LogP) is 4.26. The van der Waals surface area contributed by atoms with E-state index in [2.05, 4.69) is 16.4 Å². The lowest BCUT2D eigenvalue weighted by Crippen LogP contribution is -2.17. The van der Waals surface area contributed by atoms with E-state index in [1.807, 2.05) is 48.7 Å². The van der Waals surface area contributed by atoms with E-state index in [1.54, 1.807) is 12.3 Å². The third-order valence-electron chi connectivity index (χ3n) is 4.59. The molecule has 0 atom stereocenters. The number of hydrogen-bond acceptors (Lipinski definition) is 7. The minimum atomic E-state index is -0.321. The molecule has 0 spiro atoms. The Morgan fingerprint density at radius 3 is 2.71 bits per heavy atom. The maximum absolute atomic E-state index is 12.7. The van der Waals surface area contributed by atoms with Gasteiger partial charge in [0, 0.05) is 16.8 Å². The van der Waals surface area contributed by atoms with E-state index in [0.29, 0.717) is 28.0 Å². The molecule has 0 unspecified atom stereocenters. The van der Waals surface area contributed by atoms with Gasteiger partial charge in [0.2, 0.25) is 5.91 Å². The van der Waals surface area contributed by atoms with Crippen molar-refractivity contribution in [2.75, 3.05) is 17.7 Å². The number of nitrogens with zero attached hydrogens (tertiary/aromatic N) is 3. The Bertz CT molecular complexity index is 1130. The molecule has 160 valence electrons. The molecule has 0 aliphatic rings. The van der Waals surface area contributed by atoms with Crippen LogP contribution in [0, 0.1) is 25.2 Å². The molecule has 0 radical (unpaired) electrons. The van der Waals surface area contributed by atoms with Gasteiger partial charge in [-0.15, -0.1) is 11.3 Å². The second-order valence-electron chi connectivity index (χ2n) is 6.64. The van der Waals surface area contributed by atoms with E-state index in [1.165, 1.54) is 23.1 Å². The highest BCUT2D eigenvalue weighted by atomic mass is 32.2. The number of aromatic nitrogens is 2. The number of benzene rings is 1. The number of hydrogen-bond donors (Lipinski definition) is 1. The van der Waals surface area contributed by atoms with Gasteiger partial charge in [-0.25, -0.2) is 4.98 Å². The minimum Gasteiger partial charge on any atom is -0.466 e. The second-order valence-corrected chi connectivity index (χ2v) is 8.72. The average Bonchev–Trinajstić information content (AvgIpc) is 3.29. The van der Waals surface area contributed by atoms with Crippen molar-refractivity contribution in [2.24, 2.45) is 0 Å². The van der Waals surface area contributed by atoms with E-state index in [-0.39, 0.29) is 24.1 Å². The van der Waals surface area contributed by atoms with Crippen LogP contribution in [0.25, 0.3) is 5.69 Å². The fraction of sp³-hybridized carbons (Fsp3) is 0.273. The molecule has 31 heavy (non-hydrogen) atoms. The van der Waals surface area contributed by atoms with Crippen molar-refractivity contribution in [2.45, 2.75) is 31.5 Å². The zero-order valence-electron chi connectivity index (χ0n) is 17.5. The zero-order chi connectivity index (χ0) is 22.4. The van der Waals surface area contributed by atoms with Crippen LogP contribution < -0.4 is 5.32 Å². The summed E-state index contributed by atoms with van der Waals surface area (Å²) in [5.41, 5.74) is 3.68. The van der Waals surface area contributed by atoms with Crippen molar-refractivity contribution in [3.8, 4) is 11.8 Å². The molecule has 0 bridgehead atoms. The van der Waals surface area contributed by atoms with Crippen LogP contribution in [-0.4, -0.2) is 33.8 Å². The van der Waals surface area contributed by atoms with Crippen molar-refractivity contribution >= 4 is 40.8 Å². The van der Waals surface area contributed by atoms with Crippen LogP contribution in [0.15, 0.2) is 40.1 Å². The number of esters is 1. The number of thiazole rings is 1. The van der Waals surface area contributed by atoms with E-state index in [0.717, 1.165) is 16.9 Å². The molecular formula is C22H22N4O3S2. The van der Waals surface area contributed by atoms with Crippen molar-refractivity contribution in [1.29, 1.82) is 5.26 Å². The average molecular weight is 455 g/mol.